The van der Waals surface area contributed by atoms with Crippen LogP contribution in [0.15, 0.2) is 0 Å². The highest BCUT2D eigenvalue weighted by Crippen LogP contribution is 2.39. The maximum atomic E-state index is 11.9. The van der Waals surface area contributed by atoms with Crippen molar-refractivity contribution in [1.82, 2.24) is 0 Å². The van der Waals surface area contributed by atoms with Crippen LogP contribution in [0.3, 0.4) is 0 Å². The van der Waals surface area contributed by atoms with Crippen molar-refractivity contribution in [3.63, 3.8) is 0 Å². The zero-order valence-corrected chi connectivity index (χ0v) is 10.6. The average Bonchev–Trinajstić information content (AvgIpc) is 2.67. The van der Waals surface area contributed by atoms with Crippen molar-refractivity contribution >= 4 is 22.6 Å². The highest BCUT2D eigenvalue weighted by molar-refractivity contribution is 7.99. The van der Waals surface area contributed by atoms with Gasteiger partial charge in [-0.3, -0.25) is 4.21 Å². The van der Waals surface area contributed by atoms with E-state index in [4.69, 9.17) is 10.5 Å². The highest BCUT2D eigenvalue weighted by atomic mass is 32.2. The molecule has 2 rings (SSSR count). The van der Waals surface area contributed by atoms with Gasteiger partial charge < -0.3 is 10.5 Å². The van der Waals surface area contributed by atoms with Crippen LogP contribution < -0.4 is 5.73 Å². The van der Waals surface area contributed by atoms with E-state index >= 15 is 0 Å². The molecule has 88 valence electrons. The molecule has 0 saturated carbocycles. The second-order valence-corrected chi connectivity index (χ2v) is 7.26. The van der Waals surface area contributed by atoms with E-state index in [1.54, 1.807) is 0 Å². The molecule has 1 spiro atoms. The minimum atomic E-state index is -0.743. The van der Waals surface area contributed by atoms with Crippen LogP contribution in [0.2, 0.25) is 0 Å². The summed E-state index contributed by atoms with van der Waals surface area (Å²) in [4.78, 5) is 0. The Bertz CT molecular complexity index is 242. The van der Waals surface area contributed by atoms with Gasteiger partial charge in [-0.05, 0) is 25.0 Å². The third-order valence-electron chi connectivity index (χ3n) is 3.21. The van der Waals surface area contributed by atoms with Crippen molar-refractivity contribution < 1.29 is 8.95 Å². The smallest absolute Gasteiger partial charge is 0.0791 e. The van der Waals surface area contributed by atoms with Crippen LogP contribution in [-0.2, 0) is 15.5 Å². The first kappa shape index (κ1) is 11.9. The molecule has 0 aliphatic carbocycles. The first-order chi connectivity index (χ1) is 7.26. The number of hydrogen-bond acceptors (Lipinski definition) is 4. The van der Waals surface area contributed by atoms with E-state index in [2.05, 4.69) is 0 Å². The summed E-state index contributed by atoms with van der Waals surface area (Å²) in [6.45, 7) is 1.31. The zero-order chi connectivity index (χ0) is 10.7. The standard InChI is InChI=1S/C10H19NO2S2/c11-3-6-15(12)9-1-4-13-10(7-9)2-5-14-8-10/h9H,1-8,11H2. The summed E-state index contributed by atoms with van der Waals surface area (Å²) in [6.07, 6.45) is 3.06. The van der Waals surface area contributed by atoms with Gasteiger partial charge in [-0.2, -0.15) is 11.8 Å². The molecule has 0 aromatic rings. The lowest BCUT2D eigenvalue weighted by Crippen LogP contribution is -2.44. The molecule has 2 aliphatic heterocycles. The third-order valence-corrected chi connectivity index (χ3v) is 6.21. The number of rotatable bonds is 3. The van der Waals surface area contributed by atoms with Gasteiger partial charge in [0.15, 0.2) is 0 Å². The molecule has 5 heteroatoms. The summed E-state index contributed by atoms with van der Waals surface area (Å²) >= 11 is 1.96. The van der Waals surface area contributed by atoms with E-state index in [-0.39, 0.29) is 5.60 Å². The minimum Gasteiger partial charge on any atom is -0.374 e. The first-order valence-corrected chi connectivity index (χ1v) is 8.08. The maximum absolute atomic E-state index is 11.9. The van der Waals surface area contributed by atoms with Crippen molar-refractivity contribution in [2.24, 2.45) is 5.73 Å². The van der Waals surface area contributed by atoms with Crippen molar-refractivity contribution in [1.29, 1.82) is 0 Å². The minimum absolute atomic E-state index is 0.0534. The Labute approximate surface area is 98.0 Å². The van der Waals surface area contributed by atoms with Crippen molar-refractivity contribution in [2.45, 2.75) is 30.1 Å². The van der Waals surface area contributed by atoms with Gasteiger partial charge in [-0.1, -0.05) is 0 Å². The Morgan fingerprint density at radius 1 is 1.60 bits per heavy atom. The predicted octanol–water partition coefficient (Wildman–Crippen LogP) is 0.749. The van der Waals surface area contributed by atoms with E-state index in [1.165, 1.54) is 5.75 Å². The van der Waals surface area contributed by atoms with Crippen LogP contribution in [0, 0.1) is 0 Å². The normalized spacial score (nSPS) is 38.3. The summed E-state index contributed by atoms with van der Waals surface area (Å²) < 4.78 is 17.8. The zero-order valence-electron chi connectivity index (χ0n) is 8.94. The monoisotopic (exact) mass is 249 g/mol. The second kappa shape index (κ2) is 5.17. The molecule has 0 bridgehead atoms. The number of ether oxygens (including phenoxy) is 1. The molecule has 0 aromatic heterocycles. The maximum Gasteiger partial charge on any atom is 0.0791 e. The van der Waals surface area contributed by atoms with Crippen LogP contribution in [-0.4, -0.2) is 45.5 Å². The van der Waals surface area contributed by atoms with E-state index < -0.39 is 10.8 Å². The largest absolute Gasteiger partial charge is 0.374 e. The molecule has 3 unspecified atom stereocenters. The Hall–Kier alpha value is 0.420. The number of nitrogens with two attached hydrogens (primary N) is 1. The van der Waals surface area contributed by atoms with Crippen LogP contribution in [0.1, 0.15) is 19.3 Å². The topological polar surface area (TPSA) is 52.3 Å². The molecule has 2 saturated heterocycles. The fraction of sp³-hybridized carbons (Fsp3) is 1.00. The molecule has 0 aromatic carbocycles. The molecule has 2 aliphatic rings. The average molecular weight is 249 g/mol. The molecule has 2 heterocycles. The van der Waals surface area contributed by atoms with Gasteiger partial charge in [0.2, 0.25) is 0 Å². The highest BCUT2D eigenvalue weighted by Gasteiger charge is 2.41. The van der Waals surface area contributed by atoms with Crippen LogP contribution in [0.5, 0.6) is 0 Å². The van der Waals surface area contributed by atoms with Crippen molar-refractivity contribution in [2.75, 3.05) is 30.4 Å². The fourth-order valence-electron chi connectivity index (χ4n) is 2.35. The quantitative estimate of drug-likeness (QED) is 0.802. The summed E-state index contributed by atoms with van der Waals surface area (Å²) in [5, 5.41) is 0.320. The van der Waals surface area contributed by atoms with Gasteiger partial charge in [-0.15, -0.1) is 0 Å². The van der Waals surface area contributed by atoms with E-state index in [1.807, 2.05) is 11.8 Å². The Balaban J connectivity index is 1.94. The Morgan fingerprint density at radius 3 is 3.13 bits per heavy atom. The summed E-state index contributed by atoms with van der Waals surface area (Å²) in [5.41, 5.74) is 5.51. The predicted molar refractivity (Wildman–Crippen MR) is 65.7 cm³/mol. The molecular formula is C10H19NO2S2. The lowest BCUT2D eigenvalue weighted by molar-refractivity contribution is -0.0567. The summed E-state index contributed by atoms with van der Waals surface area (Å²) in [5.74, 6) is 2.92. The lowest BCUT2D eigenvalue weighted by Gasteiger charge is -2.37. The Morgan fingerprint density at radius 2 is 2.47 bits per heavy atom. The Kier molecular flexibility index (Phi) is 4.10. The van der Waals surface area contributed by atoms with Crippen molar-refractivity contribution in [3.05, 3.63) is 0 Å². The van der Waals surface area contributed by atoms with Gasteiger partial charge >= 0.3 is 0 Å². The molecule has 2 fully saturated rings. The van der Waals surface area contributed by atoms with Gasteiger partial charge in [0, 0.05) is 40.7 Å². The molecule has 2 N–H and O–H groups in total. The van der Waals surface area contributed by atoms with E-state index in [9.17, 15) is 4.21 Å². The molecule has 3 atom stereocenters. The van der Waals surface area contributed by atoms with E-state index in [0.29, 0.717) is 17.5 Å². The van der Waals surface area contributed by atoms with Crippen molar-refractivity contribution in [3.8, 4) is 0 Å². The van der Waals surface area contributed by atoms with Crippen LogP contribution >= 0.6 is 11.8 Å². The van der Waals surface area contributed by atoms with Gasteiger partial charge in [0.05, 0.1) is 5.60 Å². The first-order valence-electron chi connectivity index (χ1n) is 5.55. The second-order valence-electron chi connectivity index (χ2n) is 4.32. The fourth-order valence-corrected chi connectivity index (χ4v) is 5.15. The summed E-state index contributed by atoms with van der Waals surface area (Å²) in [6, 6.07) is 0. The van der Waals surface area contributed by atoms with Crippen LogP contribution in [0.25, 0.3) is 0 Å². The molecular weight excluding hydrogens is 230 g/mol. The molecule has 0 amide bonds. The third kappa shape index (κ3) is 2.75. The number of hydrogen-bond donors (Lipinski definition) is 1. The SMILES string of the molecule is NCCS(=O)C1CCOC2(CCSC2)C1. The van der Waals surface area contributed by atoms with Gasteiger partial charge in [0.1, 0.15) is 0 Å². The lowest BCUT2D eigenvalue weighted by atomic mass is 9.93. The van der Waals surface area contributed by atoms with Gasteiger partial charge in [0.25, 0.3) is 0 Å². The summed E-state index contributed by atoms with van der Waals surface area (Å²) in [7, 11) is -0.743. The number of thioether (sulfide) groups is 1. The molecule has 3 nitrogen and oxygen atoms in total. The van der Waals surface area contributed by atoms with Gasteiger partial charge in [-0.25, -0.2) is 0 Å². The van der Waals surface area contributed by atoms with E-state index in [0.717, 1.165) is 31.6 Å². The molecule has 0 radical (unpaired) electrons. The molecule has 15 heavy (non-hydrogen) atoms. The van der Waals surface area contributed by atoms with Crippen LogP contribution in [0.4, 0.5) is 0 Å².